The molecule has 2 aliphatic rings. The number of sulfone groups is 1. The standard InChI is InChI=1S/C18H30N4O3S/c1-14-12-15(2)22(20-14)8-3-7-19-18(23)16-4-9-21(10-5-16)17-6-11-26(24,25)13-17/h12,16-17H,3-11,13H2,1-2H3,(H,19,23). The Morgan fingerprint density at radius 1 is 1.27 bits per heavy atom. The highest BCUT2D eigenvalue weighted by atomic mass is 32.2. The smallest absolute Gasteiger partial charge is 0.223 e. The first kappa shape index (κ1) is 19.4. The summed E-state index contributed by atoms with van der Waals surface area (Å²) in [6, 6.07) is 2.21. The average Bonchev–Trinajstić information content (AvgIpc) is 3.12. The molecule has 0 aliphatic carbocycles. The van der Waals surface area contributed by atoms with E-state index in [9.17, 15) is 13.2 Å². The molecular weight excluding hydrogens is 352 g/mol. The summed E-state index contributed by atoms with van der Waals surface area (Å²) < 4.78 is 25.2. The van der Waals surface area contributed by atoms with Crippen molar-refractivity contribution < 1.29 is 13.2 Å². The van der Waals surface area contributed by atoms with Crippen LogP contribution in [-0.2, 0) is 21.2 Å². The van der Waals surface area contributed by atoms with E-state index in [0.717, 1.165) is 56.7 Å². The predicted molar refractivity (Wildman–Crippen MR) is 101 cm³/mol. The van der Waals surface area contributed by atoms with Gasteiger partial charge in [-0.3, -0.25) is 14.4 Å². The third-order valence-electron chi connectivity index (χ3n) is 5.57. The maximum atomic E-state index is 12.4. The highest BCUT2D eigenvalue weighted by molar-refractivity contribution is 7.91. The van der Waals surface area contributed by atoms with Gasteiger partial charge in [-0.1, -0.05) is 0 Å². The number of aryl methyl sites for hydroxylation is 3. The first-order valence-electron chi connectivity index (χ1n) is 9.57. The van der Waals surface area contributed by atoms with Crippen LogP contribution >= 0.6 is 0 Å². The van der Waals surface area contributed by atoms with E-state index in [2.05, 4.69) is 21.4 Å². The van der Waals surface area contributed by atoms with Gasteiger partial charge in [0.2, 0.25) is 5.91 Å². The number of piperidine rings is 1. The summed E-state index contributed by atoms with van der Waals surface area (Å²) >= 11 is 0. The molecule has 0 saturated carbocycles. The molecule has 2 saturated heterocycles. The molecule has 0 spiro atoms. The minimum Gasteiger partial charge on any atom is -0.356 e. The molecule has 3 rings (SSSR count). The minimum atomic E-state index is -2.84. The van der Waals surface area contributed by atoms with Gasteiger partial charge in [-0.15, -0.1) is 0 Å². The molecule has 146 valence electrons. The summed E-state index contributed by atoms with van der Waals surface area (Å²) in [5.74, 6) is 0.791. The van der Waals surface area contributed by atoms with Gasteiger partial charge >= 0.3 is 0 Å². The molecule has 2 aliphatic heterocycles. The maximum Gasteiger partial charge on any atom is 0.223 e. The fourth-order valence-electron chi connectivity index (χ4n) is 4.08. The van der Waals surface area contributed by atoms with Crippen LogP contribution in [0.2, 0.25) is 0 Å². The van der Waals surface area contributed by atoms with Crippen LogP contribution in [0.1, 0.15) is 37.1 Å². The number of nitrogens with zero attached hydrogens (tertiary/aromatic N) is 3. The molecule has 2 fully saturated rings. The van der Waals surface area contributed by atoms with Crippen LogP contribution in [0.15, 0.2) is 6.07 Å². The number of likely N-dealkylation sites (tertiary alicyclic amines) is 1. The molecule has 1 N–H and O–H groups in total. The number of nitrogens with one attached hydrogen (secondary N) is 1. The van der Waals surface area contributed by atoms with Crippen LogP contribution in [0, 0.1) is 19.8 Å². The second kappa shape index (κ2) is 8.08. The summed E-state index contributed by atoms with van der Waals surface area (Å²) in [5, 5.41) is 7.48. The monoisotopic (exact) mass is 382 g/mol. The summed E-state index contributed by atoms with van der Waals surface area (Å²) in [7, 11) is -2.84. The molecule has 8 heteroatoms. The van der Waals surface area contributed by atoms with E-state index in [-0.39, 0.29) is 23.6 Å². The molecule has 0 bridgehead atoms. The Hall–Kier alpha value is -1.41. The first-order valence-corrected chi connectivity index (χ1v) is 11.4. The summed E-state index contributed by atoms with van der Waals surface area (Å²) in [6.45, 7) is 7.15. The Morgan fingerprint density at radius 2 is 2.00 bits per heavy atom. The van der Waals surface area contributed by atoms with Crippen LogP contribution in [0.3, 0.4) is 0 Å². The van der Waals surface area contributed by atoms with Crippen molar-refractivity contribution in [2.45, 2.75) is 52.1 Å². The van der Waals surface area contributed by atoms with E-state index in [4.69, 9.17) is 0 Å². The highest BCUT2D eigenvalue weighted by Gasteiger charge is 2.35. The molecule has 1 amide bonds. The third kappa shape index (κ3) is 4.85. The number of aromatic nitrogens is 2. The van der Waals surface area contributed by atoms with Crippen molar-refractivity contribution in [1.82, 2.24) is 20.0 Å². The van der Waals surface area contributed by atoms with Gasteiger partial charge in [0.1, 0.15) is 0 Å². The summed E-state index contributed by atoms with van der Waals surface area (Å²) in [4.78, 5) is 14.6. The molecule has 26 heavy (non-hydrogen) atoms. The van der Waals surface area contributed by atoms with Crippen molar-refractivity contribution in [2.75, 3.05) is 31.1 Å². The van der Waals surface area contributed by atoms with Crippen LogP contribution < -0.4 is 5.32 Å². The Labute approximate surface area is 156 Å². The van der Waals surface area contributed by atoms with Crippen molar-refractivity contribution in [2.24, 2.45) is 5.92 Å². The van der Waals surface area contributed by atoms with Crippen LogP contribution in [0.4, 0.5) is 0 Å². The largest absolute Gasteiger partial charge is 0.356 e. The molecule has 1 aromatic heterocycles. The summed E-state index contributed by atoms with van der Waals surface area (Å²) in [5.41, 5.74) is 2.17. The zero-order valence-electron chi connectivity index (χ0n) is 15.8. The Balaban J connectivity index is 1.35. The van der Waals surface area contributed by atoms with Crippen LogP contribution in [0.5, 0.6) is 0 Å². The molecular formula is C18H30N4O3S. The topological polar surface area (TPSA) is 84.3 Å². The van der Waals surface area contributed by atoms with Gasteiger partial charge in [0, 0.05) is 30.7 Å². The zero-order chi connectivity index (χ0) is 18.7. The lowest BCUT2D eigenvalue weighted by molar-refractivity contribution is -0.126. The quantitative estimate of drug-likeness (QED) is 0.739. The molecule has 1 atom stereocenters. The van der Waals surface area contributed by atoms with Gasteiger partial charge in [-0.05, 0) is 58.7 Å². The Bertz CT molecular complexity index is 736. The maximum absolute atomic E-state index is 12.4. The van der Waals surface area contributed by atoms with Gasteiger partial charge in [0.25, 0.3) is 0 Å². The second-order valence-electron chi connectivity index (χ2n) is 7.66. The molecule has 0 radical (unpaired) electrons. The third-order valence-corrected chi connectivity index (χ3v) is 7.32. The van der Waals surface area contributed by atoms with E-state index in [1.807, 2.05) is 18.5 Å². The van der Waals surface area contributed by atoms with E-state index in [0.29, 0.717) is 12.3 Å². The van der Waals surface area contributed by atoms with E-state index in [1.54, 1.807) is 0 Å². The lowest BCUT2D eigenvalue weighted by Gasteiger charge is -2.34. The highest BCUT2D eigenvalue weighted by Crippen LogP contribution is 2.24. The van der Waals surface area contributed by atoms with Crippen molar-refractivity contribution in [3.05, 3.63) is 17.5 Å². The fourth-order valence-corrected chi connectivity index (χ4v) is 5.84. The minimum absolute atomic E-state index is 0.0537. The van der Waals surface area contributed by atoms with Gasteiger partial charge in [0.15, 0.2) is 9.84 Å². The van der Waals surface area contributed by atoms with Crippen molar-refractivity contribution in [3.63, 3.8) is 0 Å². The number of rotatable bonds is 6. The molecule has 3 heterocycles. The van der Waals surface area contributed by atoms with E-state index in [1.165, 1.54) is 0 Å². The normalized spacial score (nSPS) is 24.0. The van der Waals surface area contributed by atoms with Gasteiger partial charge in [0.05, 0.1) is 17.2 Å². The fraction of sp³-hybridized carbons (Fsp3) is 0.778. The molecule has 0 aromatic carbocycles. The van der Waals surface area contributed by atoms with Crippen molar-refractivity contribution in [1.29, 1.82) is 0 Å². The number of hydrogen-bond acceptors (Lipinski definition) is 5. The molecule has 1 aromatic rings. The summed E-state index contributed by atoms with van der Waals surface area (Å²) in [6.07, 6.45) is 3.25. The van der Waals surface area contributed by atoms with Crippen LogP contribution in [0.25, 0.3) is 0 Å². The van der Waals surface area contributed by atoms with Gasteiger partial charge in [-0.2, -0.15) is 5.10 Å². The average molecular weight is 383 g/mol. The first-order chi connectivity index (χ1) is 12.3. The SMILES string of the molecule is Cc1cc(C)n(CCCNC(=O)C2CCN(C3CCS(=O)(=O)C3)CC2)n1. The van der Waals surface area contributed by atoms with Crippen molar-refractivity contribution >= 4 is 15.7 Å². The lowest BCUT2D eigenvalue weighted by Crippen LogP contribution is -2.45. The Kier molecular flexibility index (Phi) is 6.02. The van der Waals surface area contributed by atoms with E-state index < -0.39 is 9.84 Å². The lowest BCUT2D eigenvalue weighted by atomic mass is 9.94. The van der Waals surface area contributed by atoms with Gasteiger partial charge < -0.3 is 5.32 Å². The van der Waals surface area contributed by atoms with Gasteiger partial charge in [-0.25, -0.2) is 8.42 Å². The number of carbonyl (C=O) groups is 1. The number of carbonyl (C=O) groups excluding carboxylic acids is 1. The Morgan fingerprint density at radius 3 is 2.58 bits per heavy atom. The molecule has 1 unspecified atom stereocenters. The van der Waals surface area contributed by atoms with Crippen molar-refractivity contribution in [3.8, 4) is 0 Å². The number of amides is 1. The second-order valence-corrected chi connectivity index (χ2v) is 9.89. The zero-order valence-corrected chi connectivity index (χ0v) is 16.6. The molecule has 7 nitrogen and oxygen atoms in total. The predicted octanol–water partition coefficient (Wildman–Crippen LogP) is 0.905. The number of hydrogen-bond donors (Lipinski definition) is 1. The van der Waals surface area contributed by atoms with Crippen LogP contribution in [-0.4, -0.2) is 66.2 Å². The van der Waals surface area contributed by atoms with E-state index >= 15 is 0 Å².